The fraction of sp³-hybridized carbons (Fsp3) is 0.208. The second-order valence-electron chi connectivity index (χ2n) is 8.35. The average molecular weight is 593 g/mol. The minimum atomic E-state index is -4.47. The molecule has 0 unspecified atom stereocenters. The van der Waals surface area contributed by atoms with Gasteiger partial charge in [0.05, 0.1) is 39.7 Å². The van der Waals surface area contributed by atoms with Crippen molar-refractivity contribution >= 4 is 78.4 Å². The zero-order valence-corrected chi connectivity index (χ0v) is 23.8. The van der Waals surface area contributed by atoms with Crippen molar-refractivity contribution in [2.45, 2.75) is 30.2 Å². The number of halogens is 1. The van der Waals surface area contributed by atoms with E-state index < -0.39 is 20.9 Å². The van der Waals surface area contributed by atoms with E-state index in [2.05, 4.69) is 5.10 Å². The van der Waals surface area contributed by atoms with Gasteiger partial charge >= 0.3 is 0 Å². The van der Waals surface area contributed by atoms with Gasteiger partial charge in [-0.25, -0.2) is 0 Å². The standard InChI is InChI=1S/C24H21ClN4O6S3/c1-5-28-22(31)20(24-27(3)17-10-13(35-4)6-9-18(17)36-24)37-23(28)19-12(2)26-29(21(19)30)16-8-7-14(11-15(16)25)38(32,33)34/h6-11H,5H2,1-4H3,(H,32,33,34). The van der Waals surface area contributed by atoms with Gasteiger partial charge in [0, 0.05) is 24.6 Å². The van der Waals surface area contributed by atoms with Crippen LogP contribution in [0.25, 0.3) is 10.6 Å². The zero-order chi connectivity index (χ0) is 27.5. The van der Waals surface area contributed by atoms with Crippen LogP contribution in [0.1, 0.15) is 13.8 Å². The van der Waals surface area contributed by atoms with Crippen LogP contribution in [0.2, 0.25) is 5.02 Å². The van der Waals surface area contributed by atoms with Gasteiger partial charge in [0.25, 0.3) is 21.6 Å². The molecular weight excluding hydrogens is 572 g/mol. The first kappa shape index (κ1) is 26.5. The summed E-state index contributed by atoms with van der Waals surface area (Å²) in [6, 6.07) is 9.18. The number of amides is 1. The number of thioether (sulfide) groups is 1. The Morgan fingerprint density at radius 2 is 1.87 bits per heavy atom. The Kier molecular flexibility index (Phi) is 6.68. The lowest BCUT2D eigenvalue weighted by atomic mass is 10.2. The summed E-state index contributed by atoms with van der Waals surface area (Å²) in [5, 5.41) is 6.08. The van der Waals surface area contributed by atoms with Gasteiger partial charge in [-0.3, -0.25) is 18.7 Å². The third kappa shape index (κ3) is 4.24. The Morgan fingerprint density at radius 1 is 1.13 bits per heavy atom. The number of aromatic nitrogens is 1. The number of rotatable bonds is 4. The lowest BCUT2D eigenvalue weighted by molar-refractivity contribution is -0.112. The summed E-state index contributed by atoms with van der Waals surface area (Å²) >= 11 is 8.94. The van der Waals surface area contributed by atoms with Gasteiger partial charge < -0.3 is 9.64 Å². The van der Waals surface area contributed by atoms with Gasteiger partial charge in [0.1, 0.15) is 20.0 Å². The van der Waals surface area contributed by atoms with Crippen LogP contribution in [0.3, 0.4) is 0 Å². The first-order chi connectivity index (χ1) is 18.0. The van der Waals surface area contributed by atoms with Crippen molar-refractivity contribution in [2.24, 2.45) is 5.10 Å². The molecule has 1 amide bonds. The zero-order valence-electron chi connectivity index (χ0n) is 20.6. The van der Waals surface area contributed by atoms with Gasteiger partial charge in [0.15, 0.2) is 0 Å². The van der Waals surface area contributed by atoms with E-state index in [0.29, 0.717) is 27.2 Å². The van der Waals surface area contributed by atoms with E-state index in [0.717, 1.165) is 32.8 Å². The monoisotopic (exact) mass is 592 g/mol. The van der Waals surface area contributed by atoms with Crippen molar-refractivity contribution in [3.8, 4) is 5.75 Å². The number of thiazole rings is 1. The molecule has 5 rings (SSSR count). The summed E-state index contributed by atoms with van der Waals surface area (Å²) in [7, 11) is -0.997. The summed E-state index contributed by atoms with van der Waals surface area (Å²) in [5.41, 5.74) is 1.47. The molecule has 2 aromatic carbocycles. The minimum Gasteiger partial charge on any atom is -0.497 e. The number of fused-ring (bicyclic) bond motifs is 1. The molecule has 0 radical (unpaired) electrons. The van der Waals surface area contributed by atoms with E-state index in [-0.39, 0.29) is 21.8 Å². The van der Waals surface area contributed by atoms with Crippen molar-refractivity contribution < 1.29 is 22.5 Å². The van der Waals surface area contributed by atoms with Gasteiger partial charge in [-0.15, -0.1) is 11.3 Å². The summed E-state index contributed by atoms with van der Waals surface area (Å²) < 4.78 is 40.0. The van der Waals surface area contributed by atoms with Crippen molar-refractivity contribution in [2.75, 3.05) is 24.1 Å². The molecule has 0 aliphatic carbocycles. The van der Waals surface area contributed by atoms with Crippen molar-refractivity contribution in [3.05, 3.63) is 61.0 Å². The molecule has 0 bridgehead atoms. The molecule has 0 saturated carbocycles. The molecule has 0 fully saturated rings. The van der Waals surface area contributed by atoms with Crippen molar-refractivity contribution in [1.82, 2.24) is 4.57 Å². The molecule has 10 nitrogen and oxygen atoms in total. The molecule has 0 atom stereocenters. The highest BCUT2D eigenvalue weighted by Gasteiger charge is 2.33. The van der Waals surface area contributed by atoms with E-state index in [1.165, 1.54) is 29.2 Å². The summed E-state index contributed by atoms with van der Waals surface area (Å²) in [5.74, 6) is 0.196. The van der Waals surface area contributed by atoms with Crippen molar-refractivity contribution in [1.29, 1.82) is 0 Å². The molecule has 38 heavy (non-hydrogen) atoms. The molecule has 3 heterocycles. The number of hydrazone groups is 1. The number of methoxy groups -OCH3 is 1. The second-order valence-corrected chi connectivity index (χ2v) is 12.2. The van der Waals surface area contributed by atoms with Crippen LogP contribution in [0.4, 0.5) is 11.4 Å². The topological polar surface area (TPSA) is 122 Å². The fourth-order valence-corrected chi connectivity index (χ4v) is 7.62. The maximum Gasteiger partial charge on any atom is 0.294 e. The number of hydrogen-bond acceptors (Lipinski definition) is 9. The predicted molar refractivity (Wildman–Crippen MR) is 149 cm³/mol. The third-order valence-corrected chi connectivity index (χ3v) is 9.82. The summed E-state index contributed by atoms with van der Waals surface area (Å²) in [6.45, 7) is 3.82. The molecule has 0 saturated heterocycles. The van der Waals surface area contributed by atoms with E-state index in [1.807, 2.05) is 37.1 Å². The Morgan fingerprint density at radius 3 is 2.50 bits per heavy atom. The SMILES string of the molecule is CCn1c(=C2C(=O)N(c3ccc(S(=O)(=O)O)cc3Cl)N=C2C)sc(=C2Sc3ccc(OC)cc3N2C)c1=O. The number of carbonyl (C=O) groups is 1. The number of benzene rings is 2. The van der Waals surface area contributed by atoms with Gasteiger partial charge in [-0.2, -0.15) is 18.5 Å². The number of hydrogen-bond donors (Lipinski definition) is 1. The molecule has 2 aliphatic heterocycles. The molecule has 14 heteroatoms. The minimum absolute atomic E-state index is 0.0845. The highest BCUT2D eigenvalue weighted by molar-refractivity contribution is 8.08. The normalized spacial score (nSPS) is 18.3. The summed E-state index contributed by atoms with van der Waals surface area (Å²) in [6.07, 6.45) is 0. The quantitative estimate of drug-likeness (QED) is 0.459. The van der Waals surface area contributed by atoms with Crippen LogP contribution >= 0.6 is 34.7 Å². The third-order valence-electron chi connectivity index (χ3n) is 6.11. The van der Waals surface area contributed by atoms with Gasteiger partial charge in [0.2, 0.25) is 0 Å². The molecule has 3 aromatic rings. The number of nitrogens with zero attached hydrogens (tertiary/aromatic N) is 4. The Labute approximate surface area is 230 Å². The second kappa shape index (κ2) is 9.58. The van der Waals surface area contributed by atoms with Gasteiger partial charge in [-0.1, -0.05) is 23.4 Å². The van der Waals surface area contributed by atoms with Crippen LogP contribution in [-0.2, 0) is 21.5 Å². The van der Waals surface area contributed by atoms with E-state index in [9.17, 15) is 22.6 Å². The Hall–Kier alpha value is -3.10. The first-order valence-electron chi connectivity index (χ1n) is 11.2. The predicted octanol–water partition coefficient (Wildman–Crippen LogP) is 2.72. The molecule has 198 valence electrons. The molecule has 1 N–H and O–H groups in total. The van der Waals surface area contributed by atoms with Crippen LogP contribution < -0.4 is 29.4 Å². The van der Waals surface area contributed by atoms with Gasteiger partial charge in [-0.05, 0) is 44.2 Å². The van der Waals surface area contributed by atoms with E-state index in [4.69, 9.17) is 16.3 Å². The largest absolute Gasteiger partial charge is 0.497 e. The fourth-order valence-electron chi connectivity index (χ4n) is 4.21. The van der Waals surface area contributed by atoms with E-state index >= 15 is 0 Å². The molecule has 0 spiro atoms. The maximum atomic E-state index is 13.6. The highest BCUT2D eigenvalue weighted by Crippen LogP contribution is 2.46. The lowest BCUT2D eigenvalue weighted by Gasteiger charge is -2.14. The molecular formula is C24H21ClN4O6S3. The molecule has 1 aromatic heterocycles. The first-order valence-corrected chi connectivity index (χ1v) is 14.7. The Balaban J connectivity index is 1.66. The highest BCUT2D eigenvalue weighted by atomic mass is 35.5. The maximum absolute atomic E-state index is 13.6. The Bertz CT molecular complexity index is 1840. The van der Waals surface area contributed by atoms with Crippen LogP contribution in [-0.4, -0.2) is 43.3 Å². The number of ether oxygens (including phenoxy) is 1. The lowest BCUT2D eigenvalue weighted by Crippen LogP contribution is -2.35. The van der Waals surface area contributed by atoms with Crippen molar-refractivity contribution in [3.63, 3.8) is 0 Å². The van der Waals surface area contributed by atoms with Crippen LogP contribution in [0.5, 0.6) is 5.75 Å². The number of anilines is 2. The smallest absolute Gasteiger partial charge is 0.294 e. The van der Waals surface area contributed by atoms with E-state index in [1.54, 1.807) is 18.6 Å². The summed E-state index contributed by atoms with van der Waals surface area (Å²) in [4.78, 5) is 29.6. The molecule has 2 aliphatic rings. The number of carbonyl (C=O) groups excluding carboxylic acids is 1. The van der Waals surface area contributed by atoms with Crippen LogP contribution in [0.15, 0.2) is 56.1 Å². The van der Waals surface area contributed by atoms with Crippen LogP contribution in [0, 0.1) is 0 Å². The average Bonchev–Trinajstić information content (AvgIpc) is 3.47.